The van der Waals surface area contributed by atoms with Crippen molar-refractivity contribution in [3.8, 4) is 0 Å². The maximum atomic E-state index is 13.1. The zero-order valence-corrected chi connectivity index (χ0v) is 11.8. The van der Waals surface area contributed by atoms with Crippen LogP contribution >= 0.6 is 0 Å². The fourth-order valence-corrected chi connectivity index (χ4v) is 2.98. The minimum absolute atomic E-state index is 0.0243. The highest BCUT2D eigenvalue weighted by atomic mass is 19.1. The molecule has 2 aromatic rings. The molecule has 2 atom stereocenters. The van der Waals surface area contributed by atoms with Crippen LogP contribution in [-0.2, 0) is 4.79 Å². The highest BCUT2D eigenvalue weighted by Gasteiger charge is 2.25. The molecule has 1 N–H and O–H groups in total. The van der Waals surface area contributed by atoms with E-state index >= 15 is 0 Å². The van der Waals surface area contributed by atoms with Crippen molar-refractivity contribution < 1.29 is 9.18 Å². The molecule has 1 aliphatic heterocycles. The Labute approximate surface area is 124 Å². The van der Waals surface area contributed by atoms with Crippen LogP contribution in [-0.4, -0.2) is 5.91 Å². The Morgan fingerprint density at radius 1 is 0.952 bits per heavy atom. The number of hydrogen-bond acceptors (Lipinski definition) is 1. The van der Waals surface area contributed by atoms with Gasteiger partial charge in [-0.25, -0.2) is 4.39 Å². The smallest absolute Gasteiger partial charge is 0.220 e. The molecule has 0 spiro atoms. The van der Waals surface area contributed by atoms with Gasteiger partial charge >= 0.3 is 0 Å². The van der Waals surface area contributed by atoms with Gasteiger partial charge in [-0.05, 0) is 42.0 Å². The molecular formula is C18H18FNO. The molecule has 1 amide bonds. The lowest BCUT2D eigenvalue weighted by Gasteiger charge is -2.21. The number of carbonyl (C=O) groups excluding carboxylic acids is 1. The Balaban J connectivity index is 1.85. The summed E-state index contributed by atoms with van der Waals surface area (Å²) < 4.78 is 13.1. The predicted octanol–water partition coefficient (Wildman–Crippen LogP) is 3.95. The van der Waals surface area contributed by atoms with Crippen LogP contribution in [0, 0.1) is 5.82 Å². The lowest BCUT2D eigenvalue weighted by molar-refractivity contribution is -0.121. The number of rotatable bonds is 2. The number of nitrogens with one attached hydrogen (secondary N) is 1. The first-order chi connectivity index (χ1) is 10.2. The second kappa shape index (κ2) is 6.08. The first kappa shape index (κ1) is 13.8. The number of carbonyl (C=O) groups is 1. The number of amides is 1. The minimum Gasteiger partial charge on any atom is -0.349 e. The van der Waals surface area contributed by atoms with Crippen molar-refractivity contribution in [1.82, 2.24) is 5.32 Å². The topological polar surface area (TPSA) is 29.1 Å². The average Bonchev–Trinajstić information content (AvgIpc) is 2.71. The Morgan fingerprint density at radius 2 is 1.67 bits per heavy atom. The van der Waals surface area contributed by atoms with Gasteiger partial charge in [0.1, 0.15) is 5.82 Å². The van der Waals surface area contributed by atoms with Crippen LogP contribution < -0.4 is 5.32 Å². The lowest BCUT2D eigenvalue weighted by atomic mass is 9.87. The van der Waals surface area contributed by atoms with Gasteiger partial charge in [0.15, 0.2) is 0 Å². The fourth-order valence-electron chi connectivity index (χ4n) is 2.98. The van der Waals surface area contributed by atoms with Crippen molar-refractivity contribution in [3.05, 3.63) is 71.5 Å². The predicted molar refractivity (Wildman–Crippen MR) is 80.3 cm³/mol. The van der Waals surface area contributed by atoms with E-state index in [4.69, 9.17) is 0 Å². The first-order valence-electron chi connectivity index (χ1n) is 7.32. The molecule has 0 aromatic heterocycles. The van der Waals surface area contributed by atoms with Crippen LogP contribution in [0.4, 0.5) is 4.39 Å². The van der Waals surface area contributed by atoms with E-state index < -0.39 is 0 Å². The Bertz CT molecular complexity index is 609. The summed E-state index contributed by atoms with van der Waals surface area (Å²) in [5.74, 6) is 0.143. The molecule has 2 nitrogen and oxygen atoms in total. The minimum atomic E-state index is -0.221. The monoisotopic (exact) mass is 283 g/mol. The summed E-state index contributed by atoms with van der Waals surface area (Å²) in [5.41, 5.74) is 2.23. The van der Waals surface area contributed by atoms with E-state index in [9.17, 15) is 9.18 Å². The Kier molecular flexibility index (Phi) is 4.00. The summed E-state index contributed by atoms with van der Waals surface area (Å²) in [4.78, 5) is 11.9. The SMILES string of the molecule is O=C1CCC(c2ccc(F)cc2)CC(c2ccccc2)N1. The van der Waals surface area contributed by atoms with Crippen LogP contribution in [0.2, 0.25) is 0 Å². The molecule has 2 unspecified atom stereocenters. The highest BCUT2D eigenvalue weighted by Crippen LogP contribution is 2.34. The fraction of sp³-hybridized carbons (Fsp3) is 0.278. The molecule has 108 valence electrons. The number of benzene rings is 2. The van der Waals surface area contributed by atoms with Gasteiger partial charge in [0.05, 0.1) is 6.04 Å². The zero-order valence-electron chi connectivity index (χ0n) is 11.8. The molecule has 1 aliphatic rings. The van der Waals surface area contributed by atoms with E-state index in [1.807, 2.05) is 42.5 Å². The van der Waals surface area contributed by atoms with Gasteiger partial charge in [0.25, 0.3) is 0 Å². The summed E-state index contributed by atoms with van der Waals surface area (Å²) in [5, 5.41) is 3.09. The molecule has 1 saturated heterocycles. The van der Waals surface area contributed by atoms with Gasteiger partial charge in [-0.15, -0.1) is 0 Å². The third kappa shape index (κ3) is 3.30. The van der Waals surface area contributed by atoms with Gasteiger partial charge in [-0.1, -0.05) is 42.5 Å². The maximum Gasteiger partial charge on any atom is 0.220 e. The summed E-state index contributed by atoms with van der Waals surface area (Å²) in [6.07, 6.45) is 2.17. The van der Waals surface area contributed by atoms with Crippen molar-refractivity contribution in [1.29, 1.82) is 0 Å². The van der Waals surface area contributed by atoms with Gasteiger partial charge in [0, 0.05) is 6.42 Å². The zero-order chi connectivity index (χ0) is 14.7. The van der Waals surface area contributed by atoms with Crippen LogP contribution in [0.5, 0.6) is 0 Å². The van der Waals surface area contributed by atoms with Crippen LogP contribution in [0.15, 0.2) is 54.6 Å². The summed E-state index contributed by atoms with van der Waals surface area (Å²) in [6.45, 7) is 0. The largest absolute Gasteiger partial charge is 0.349 e. The molecule has 0 aliphatic carbocycles. The van der Waals surface area contributed by atoms with Crippen molar-refractivity contribution in [2.45, 2.75) is 31.2 Å². The van der Waals surface area contributed by atoms with Gasteiger partial charge in [-0.3, -0.25) is 4.79 Å². The molecule has 3 rings (SSSR count). The van der Waals surface area contributed by atoms with Gasteiger partial charge in [0.2, 0.25) is 5.91 Å². The van der Waals surface area contributed by atoms with Crippen molar-refractivity contribution >= 4 is 5.91 Å². The second-order valence-corrected chi connectivity index (χ2v) is 5.55. The van der Waals surface area contributed by atoms with Crippen molar-refractivity contribution in [2.24, 2.45) is 0 Å². The average molecular weight is 283 g/mol. The van der Waals surface area contributed by atoms with Crippen molar-refractivity contribution in [2.75, 3.05) is 0 Å². The highest BCUT2D eigenvalue weighted by molar-refractivity contribution is 5.76. The second-order valence-electron chi connectivity index (χ2n) is 5.55. The van der Waals surface area contributed by atoms with E-state index in [1.54, 1.807) is 0 Å². The van der Waals surface area contributed by atoms with Crippen LogP contribution in [0.3, 0.4) is 0 Å². The molecule has 0 radical (unpaired) electrons. The number of halogens is 1. The van der Waals surface area contributed by atoms with Gasteiger partial charge in [-0.2, -0.15) is 0 Å². The van der Waals surface area contributed by atoms with Crippen LogP contribution in [0.25, 0.3) is 0 Å². The lowest BCUT2D eigenvalue weighted by Crippen LogP contribution is -2.26. The molecule has 2 aromatic carbocycles. The third-order valence-corrected chi connectivity index (χ3v) is 4.12. The quantitative estimate of drug-likeness (QED) is 0.888. The van der Waals surface area contributed by atoms with E-state index in [-0.39, 0.29) is 23.7 Å². The molecule has 3 heteroatoms. The van der Waals surface area contributed by atoms with E-state index in [2.05, 4.69) is 5.32 Å². The number of hydrogen-bond donors (Lipinski definition) is 1. The third-order valence-electron chi connectivity index (χ3n) is 4.12. The summed E-state index contributed by atoms with van der Waals surface area (Å²) in [6, 6.07) is 16.7. The van der Waals surface area contributed by atoms with Crippen molar-refractivity contribution in [3.63, 3.8) is 0 Å². The maximum absolute atomic E-state index is 13.1. The molecule has 21 heavy (non-hydrogen) atoms. The van der Waals surface area contributed by atoms with E-state index in [0.717, 1.165) is 24.0 Å². The molecular weight excluding hydrogens is 265 g/mol. The Hall–Kier alpha value is -2.16. The van der Waals surface area contributed by atoms with E-state index in [0.29, 0.717) is 6.42 Å². The standard InChI is InChI=1S/C18H18FNO/c19-16-9-6-13(7-10-16)15-8-11-18(21)20-17(12-15)14-4-2-1-3-5-14/h1-7,9-10,15,17H,8,11-12H2,(H,20,21). The summed E-state index contributed by atoms with van der Waals surface area (Å²) in [7, 11) is 0. The normalized spacial score (nSPS) is 22.4. The van der Waals surface area contributed by atoms with Gasteiger partial charge < -0.3 is 5.32 Å². The van der Waals surface area contributed by atoms with E-state index in [1.165, 1.54) is 12.1 Å². The molecule has 1 heterocycles. The molecule has 0 bridgehead atoms. The Morgan fingerprint density at radius 3 is 2.38 bits per heavy atom. The molecule has 0 saturated carbocycles. The van der Waals surface area contributed by atoms with Crippen LogP contribution in [0.1, 0.15) is 42.3 Å². The summed E-state index contributed by atoms with van der Waals surface area (Å²) >= 11 is 0. The molecule has 1 fully saturated rings. The first-order valence-corrected chi connectivity index (χ1v) is 7.32.